The molecule has 1 aliphatic heterocycles. The number of amides is 1. The van der Waals surface area contributed by atoms with Crippen molar-refractivity contribution < 1.29 is 13.9 Å². The fourth-order valence-corrected chi connectivity index (χ4v) is 3.43. The van der Waals surface area contributed by atoms with Gasteiger partial charge in [0.25, 0.3) is 0 Å². The number of ether oxygens (including phenoxy) is 1. The van der Waals surface area contributed by atoms with E-state index in [-0.39, 0.29) is 24.6 Å². The standard InChI is InChI=1S/C22H25FN2O2/c1-2-7-18-12-13-25(22(26)27-16-17-8-4-3-5-9-17)15-21(18)24-20-11-6-10-19(23)14-20/h2-6,8-11,14,18,21,24H,1,7,12-13,15-16H2/t18-,21+/m0/s1. The highest BCUT2D eigenvalue weighted by molar-refractivity contribution is 5.68. The quantitative estimate of drug-likeness (QED) is 0.742. The number of nitrogens with zero attached hydrogens (tertiary/aromatic N) is 1. The number of benzene rings is 2. The van der Waals surface area contributed by atoms with Gasteiger partial charge in [0.15, 0.2) is 0 Å². The average Bonchev–Trinajstić information content (AvgIpc) is 2.68. The SMILES string of the molecule is C=CC[C@H]1CCN(C(=O)OCc2ccccc2)C[C@H]1Nc1cccc(F)c1. The van der Waals surface area contributed by atoms with Crippen LogP contribution in [0.1, 0.15) is 18.4 Å². The Balaban J connectivity index is 1.62. The fraction of sp³-hybridized carbons (Fsp3) is 0.318. The maximum Gasteiger partial charge on any atom is 0.410 e. The Kier molecular flexibility index (Phi) is 6.47. The van der Waals surface area contributed by atoms with E-state index in [0.717, 1.165) is 18.4 Å². The molecule has 1 amide bonds. The number of rotatable bonds is 6. The number of anilines is 1. The third-order valence-corrected chi connectivity index (χ3v) is 4.87. The molecule has 142 valence electrons. The zero-order chi connectivity index (χ0) is 19.1. The first-order valence-electron chi connectivity index (χ1n) is 9.24. The Hall–Kier alpha value is -2.82. The van der Waals surface area contributed by atoms with Gasteiger partial charge in [-0.1, -0.05) is 42.5 Å². The second kappa shape index (κ2) is 9.21. The number of hydrogen-bond acceptors (Lipinski definition) is 3. The van der Waals surface area contributed by atoms with Crippen LogP contribution in [0.2, 0.25) is 0 Å². The lowest BCUT2D eigenvalue weighted by Gasteiger charge is -2.38. The number of halogens is 1. The highest BCUT2D eigenvalue weighted by atomic mass is 19.1. The molecule has 1 saturated heterocycles. The minimum Gasteiger partial charge on any atom is -0.445 e. The van der Waals surface area contributed by atoms with Gasteiger partial charge in [0.05, 0.1) is 0 Å². The third-order valence-electron chi connectivity index (χ3n) is 4.87. The van der Waals surface area contributed by atoms with Crippen molar-refractivity contribution in [2.45, 2.75) is 25.5 Å². The van der Waals surface area contributed by atoms with Crippen molar-refractivity contribution >= 4 is 11.8 Å². The molecule has 3 rings (SSSR count). The summed E-state index contributed by atoms with van der Waals surface area (Å²) < 4.78 is 19.0. The van der Waals surface area contributed by atoms with Gasteiger partial charge in [-0.25, -0.2) is 9.18 Å². The van der Waals surface area contributed by atoms with Crippen LogP contribution in [0.15, 0.2) is 67.3 Å². The maximum atomic E-state index is 13.5. The Bertz CT molecular complexity index is 766. The van der Waals surface area contributed by atoms with E-state index in [9.17, 15) is 9.18 Å². The van der Waals surface area contributed by atoms with Crippen LogP contribution in [0.25, 0.3) is 0 Å². The number of carbonyl (C=O) groups is 1. The van der Waals surface area contributed by atoms with E-state index in [1.165, 1.54) is 12.1 Å². The van der Waals surface area contributed by atoms with Crippen LogP contribution in [0.5, 0.6) is 0 Å². The van der Waals surface area contributed by atoms with Crippen LogP contribution in [0, 0.1) is 11.7 Å². The molecular formula is C22H25FN2O2. The van der Waals surface area contributed by atoms with E-state index in [0.29, 0.717) is 24.7 Å². The Morgan fingerprint density at radius 2 is 2.07 bits per heavy atom. The second-order valence-electron chi connectivity index (χ2n) is 6.82. The largest absolute Gasteiger partial charge is 0.445 e. The molecule has 0 unspecified atom stereocenters. The van der Waals surface area contributed by atoms with E-state index >= 15 is 0 Å². The molecule has 2 aromatic rings. The molecule has 5 heteroatoms. The van der Waals surface area contributed by atoms with Gasteiger partial charge in [0.1, 0.15) is 12.4 Å². The molecule has 2 atom stereocenters. The zero-order valence-corrected chi connectivity index (χ0v) is 15.3. The summed E-state index contributed by atoms with van der Waals surface area (Å²) in [6.07, 6.45) is 3.27. The number of allylic oxidation sites excluding steroid dienone is 1. The molecule has 2 aromatic carbocycles. The monoisotopic (exact) mass is 368 g/mol. The maximum absolute atomic E-state index is 13.5. The lowest BCUT2D eigenvalue weighted by molar-refractivity contribution is 0.0793. The first-order valence-corrected chi connectivity index (χ1v) is 9.24. The van der Waals surface area contributed by atoms with Gasteiger partial charge < -0.3 is 15.0 Å². The summed E-state index contributed by atoms with van der Waals surface area (Å²) in [4.78, 5) is 14.2. The second-order valence-corrected chi connectivity index (χ2v) is 6.82. The molecule has 1 aliphatic rings. The molecule has 27 heavy (non-hydrogen) atoms. The summed E-state index contributed by atoms with van der Waals surface area (Å²) >= 11 is 0. The van der Waals surface area contributed by atoms with E-state index in [1.54, 1.807) is 11.0 Å². The van der Waals surface area contributed by atoms with Crippen LogP contribution in [0.4, 0.5) is 14.9 Å². The lowest BCUT2D eigenvalue weighted by atomic mass is 9.88. The first-order chi connectivity index (χ1) is 13.2. The molecule has 0 spiro atoms. The minimum atomic E-state index is -0.318. The summed E-state index contributed by atoms with van der Waals surface area (Å²) in [5, 5.41) is 3.38. The van der Waals surface area contributed by atoms with E-state index in [4.69, 9.17) is 4.74 Å². The van der Waals surface area contributed by atoms with Crippen LogP contribution < -0.4 is 5.32 Å². The molecule has 0 saturated carbocycles. The normalized spacial score (nSPS) is 19.4. The number of likely N-dealkylation sites (tertiary alicyclic amines) is 1. The van der Waals surface area contributed by atoms with Crippen molar-refractivity contribution in [3.05, 3.63) is 78.6 Å². The topological polar surface area (TPSA) is 41.6 Å². The van der Waals surface area contributed by atoms with Crippen molar-refractivity contribution in [3.63, 3.8) is 0 Å². The number of piperidine rings is 1. The molecule has 0 aliphatic carbocycles. The molecule has 1 N–H and O–H groups in total. The first kappa shape index (κ1) is 19.0. The van der Waals surface area contributed by atoms with E-state index in [2.05, 4.69) is 11.9 Å². The summed E-state index contributed by atoms with van der Waals surface area (Å²) in [6, 6.07) is 16.0. The van der Waals surface area contributed by atoms with Crippen molar-refractivity contribution in [3.8, 4) is 0 Å². The predicted octanol–water partition coefficient (Wildman–Crippen LogP) is 4.84. The molecule has 0 bridgehead atoms. The smallest absolute Gasteiger partial charge is 0.410 e. The molecular weight excluding hydrogens is 343 g/mol. The Morgan fingerprint density at radius 1 is 1.26 bits per heavy atom. The Morgan fingerprint density at radius 3 is 2.81 bits per heavy atom. The van der Waals surface area contributed by atoms with Gasteiger partial charge in [0.2, 0.25) is 0 Å². The molecule has 1 fully saturated rings. The molecule has 1 heterocycles. The van der Waals surface area contributed by atoms with Gasteiger partial charge in [-0.2, -0.15) is 0 Å². The highest BCUT2D eigenvalue weighted by Crippen LogP contribution is 2.25. The predicted molar refractivity (Wildman–Crippen MR) is 105 cm³/mol. The molecule has 0 radical (unpaired) electrons. The van der Waals surface area contributed by atoms with Gasteiger partial charge in [-0.15, -0.1) is 6.58 Å². The van der Waals surface area contributed by atoms with E-state index < -0.39 is 0 Å². The van der Waals surface area contributed by atoms with Crippen molar-refractivity contribution in [2.24, 2.45) is 5.92 Å². The highest BCUT2D eigenvalue weighted by Gasteiger charge is 2.31. The minimum absolute atomic E-state index is 0.0165. The van der Waals surface area contributed by atoms with Crippen molar-refractivity contribution in [1.29, 1.82) is 0 Å². The third kappa shape index (κ3) is 5.33. The van der Waals surface area contributed by atoms with E-state index in [1.807, 2.05) is 42.5 Å². The number of hydrogen-bond donors (Lipinski definition) is 1. The number of carbonyl (C=O) groups excluding carboxylic acids is 1. The van der Waals surface area contributed by atoms with Crippen LogP contribution >= 0.6 is 0 Å². The molecule has 4 nitrogen and oxygen atoms in total. The van der Waals surface area contributed by atoms with Crippen LogP contribution in [-0.4, -0.2) is 30.1 Å². The fourth-order valence-electron chi connectivity index (χ4n) is 3.43. The van der Waals surface area contributed by atoms with Crippen molar-refractivity contribution in [2.75, 3.05) is 18.4 Å². The zero-order valence-electron chi connectivity index (χ0n) is 15.3. The van der Waals surface area contributed by atoms with Gasteiger partial charge in [-0.3, -0.25) is 0 Å². The van der Waals surface area contributed by atoms with Crippen molar-refractivity contribution in [1.82, 2.24) is 4.90 Å². The summed E-state index contributed by atoms with van der Waals surface area (Å²) in [5.74, 6) is 0.0548. The lowest BCUT2D eigenvalue weighted by Crippen LogP contribution is -2.49. The number of nitrogens with one attached hydrogen (secondary N) is 1. The molecule has 0 aromatic heterocycles. The van der Waals surface area contributed by atoms with Gasteiger partial charge >= 0.3 is 6.09 Å². The van der Waals surface area contributed by atoms with Gasteiger partial charge in [0, 0.05) is 24.8 Å². The van der Waals surface area contributed by atoms with Crippen LogP contribution in [-0.2, 0) is 11.3 Å². The van der Waals surface area contributed by atoms with Gasteiger partial charge in [-0.05, 0) is 42.5 Å². The summed E-state index contributed by atoms with van der Waals surface area (Å²) in [7, 11) is 0. The summed E-state index contributed by atoms with van der Waals surface area (Å²) in [5.41, 5.74) is 1.68. The average molecular weight is 368 g/mol. The summed E-state index contributed by atoms with van der Waals surface area (Å²) in [6.45, 7) is 5.26. The van der Waals surface area contributed by atoms with Crippen LogP contribution in [0.3, 0.4) is 0 Å². The Labute approximate surface area is 159 Å².